The molecule has 0 aliphatic carbocycles. The molecule has 1 N–H and O–H groups in total. The molecule has 0 bridgehead atoms. The predicted octanol–water partition coefficient (Wildman–Crippen LogP) is 1.54. The van der Waals surface area contributed by atoms with Crippen LogP contribution in [0.5, 0.6) is 0 Å². The Kier molecular flexibility index (Phi) is 5.22. The van der Waals surface area contributed by atoms with Crippen molar-refractivity contribution >= 4 is 5.91 Å². The van der Waals surface area contributed by atoms with Crippen molar-refractivity contribution in [2.24, 2.45) is 5.92 Å². The molecule has 5 heteroatoms. The average molecular weight is 253 g/mol. The van der Waals surface area contributed by atoms with Crippen LogP contribution in [0.15, 0.2) is 18.5 Å². The van der Waals surface area contributed by atoms with Gasteiger partial charge in [-0.3, -0.25) is 9.78 Å². The first kappa shape index (κ1) is 14.6. The second-order valence-corrected chi connectivity index (χ2v) is 4.84. The van der Waals surface area contributed by atoms with E-state index in [-0.39, 0.29) is 11.6 Å². The highest BCUT2D eigenvalue weighted by Gasteiger charge is 2.18. The summed E-state index contributed by atoms with van der Waals surface area (Å²) in [6, 6.07) is 1.60. The molecule has 4 nitrogen and oxygen atoms in total. The highest BCUT2D eigenvalue weighted by atomic mass is 19.1. The lowest BCUT2D eigenvalue weighted by Crippen LogP contribution is -2.43. The standard InChI is InChI=1S/C13H20FN3O/c1-9(2)12(17(3)4)8-16-13(18)10-5-6-15-7-11(10)14/h5-7,9,12H,8H2,1-4H3,(H,16,18). The maximum Gasteiger partial charge on any atom is 0.254 e. The van der Waals surface area contributed by atoms with Crippen molar-refractivity contribution in [1.82, 2.24) is 15.2 Å². The van der Waals surface area contributed by atoms with Crippen molar-refractivity contribution in [2.75, 3.05) is 20.6 Å². The van der Waals surface area contributed by atoms with E-state index in [0.717, 1.165) is 6.20 Å². The molecule has 100 valence electrons. The minimum absolute atomic E-state index is 0.0336. The molecule has 1 aromatic heterocycles. The van der Waals surface area contributed by atoms with Gasteiger partial charge in [-0.05, 0) is 26.1 Å². The predicted molar refractivity (Wildman–Crippen MR) is 68.8 cm³/mol. The molecule has 0 aliphatic rings. The van der Waals surface area contributed by atoms with Gasteiger partial charge in [-0.2, -0.15) is 0 Å². The van der Waals surface area contributed by atoms with Crippen LogP contribution in [0.2, 0.25) is 0 Å². The van der Waals surface area contributed by atoms with Crippen molar-refractivity contribution in [1.29, 1.82) is 0 Å². The van der Waals surface area contributed by atoms with E-state index in [1.165, 1.54) is 12.3 Å². The van der Waals surface area contributed by atoms with E-state index in [1.807, 2.05) is 19.0 Å². The Morgan fingerprint density at radius 3 is 2.67 bits per heavy atom. The quantitative estimate of drug-likeness (QED) is 0.865. The Morgan fingerprint density at radius 1 is 1.50 bits per heavy atom. The number of halogens is 1. The largest absolute Gasteiger partial charge is 0.350 e. The molecule has 1 unspecified atom stereocenters. The summed E-state index contributed by atoms with van der Waals surface area (Å²) in [4.78, 5) is 17.5. The summed E-state index contributed by atoms with van der Waals surface area (Å²) in [5.41, 5.74) is 0.0336. The zero-order chi connectivity index (χ0) is 13.7. The molecule has 1 aromatic rings. The number of nitrogens with zero attached hydrogens (tertiary/aromatic N) is 2. The van der Waals surface area contributed by atoms with Crippen molar-refractivity contribution < 1.29 is 9.18 Å². The third-order valence-corrected chi connectivity index (χ3v) is 2.92. The molecule has 1 amide bonds. The van der Waals surface area contributed by atoms with Gasteiger partial charge in [0.15, 0.2) is 5.82 Å². The monoisotopic (exact) mass is 253 g/mol. The summed E-state index contributed by atoms with van der Waals surface area (Å²) < 4.78 is 13.3. The van der Waals surface area contributed by atoms with Gasteiger partial charge in [0.2, 0.25) is 0 Å². The number of hydrogen-bond donors (Lipinski definition) is 1. The van der Waals surface area contributed by atoms with Gasteiger partial charge in [0.05, 0.1) is 11.8 Å². The van der Waals surface area contributed by atoms with E-state index in [4.69, 9.17) is 0 Å². The smallest absolute Gasteiger partial charge is 0.254 e. The van der Waals surface area contributed by atoms with Crippen LogP contribution in [0.25, 0.3) is 0 Å². The lowest BCUT2D eigenvalue weighted by atomic mass is 10.0. The number of rotatable bonds is 5. The molecular weight excluding hydrogens is 233 g/mol. The third kappa shape index (κ3) is 3.77. The molecule has 1 heterocycles. The van der Waals surface area contributed by atoms with Crippen LogP contribution < -0.4 is 5.32 Å². The molecule has 0 fully saturated rings. The maximum absolute atomic E-state index is 13.3. The van der Waals surface area contributed by atoms with Gasteiger partial charge in [0.25, 0.3) is 5.91 Å². The zero-order valence-electron chi connectivity index (χ0n) is 11.3. The van der Waals surface area contributed by atoms with Gasteiger partial charge in [0, 0.05) is 18.8 Å². The Morgan fingerprint density at radius 2 is 2.17 bits per heavy atom. The Bertz CT molecular complexity index is 399. The molecule has 0 saturated heterocycles. The summed E-state index contributed by atoms with van der Waals surface area (Å²) in [6.07, 6.45) is 2.45. The second-order valence-electron chi connectivity index (χ2n) is 4.84. The van der Waals surface area contributed by atoms with Crippen molar-refractivity contribution in [3.05, 3.63) is 29.8 Å². The first-order chi connectivity index (χ1) is 8.43. The van der Waals surface area contributed by atoms with E-state index < -0.39 is 11.7 Å². The zero-order valence-corrected chi connectivity index (χ0v) is 11.3. The van der Waals surface area contributed by atoms with Crippen molar-refractivity contribution in [3.63, 3.8) is 0 Å². The minimum Gasteiger partial charge on any atom is -0.350 e. The van der Waals surface area contributed by atoms with Crippen LogP contribution in [0, 0.1) is 11.7 Å². The van der Waals surface area contributed by atoms with Gasteiger partial charge in [-0.15, -0.1) is 0 Å². The van der Waals surface area contributed by atoms with Gasteiger partial charge in [-0.1, -0.05) is 13.8 Å². The summed E-state index contributed by atoms with van der Waals surface area (Å²) in [5, 5.41) is 2.75. The summed E-state index contributed by atoms with van der Waals surface area (Å²) in [7, 11) is 3.92. The molecule has 1 atom stereocenters. The van der Waals surface area contributed by atoms with E-state index in [2.05, 4.69) is 24.1 Å². The fourth-order valence-electron chi connectivity index (χ4n) is 1.87. The van der Waals surface area contributed by atoms with Crippen LogP contribution in [0.1, 0.15) is 24.2 Å². The molecule has 1 rings (SSSR count). The van der Waals surface area contributed by atoms with Gasteiger partial charge < -0.3 is 10.2 Å². The highest BCUT2D eigenvalue weighted by Crippen LogP contribution is 2.08. The van der Waals surface area contributed by atoms with Gasteiger partial charge >= 0.3 is 0 Å². The number of pyridine rings is 1. The van der Waals surface area contributed by atoms with Gasteiger partial charge in [0.1, 0.15) is 0 Å². The lowest BCUT2D eigenvalue weighted by molar-refractivity contribution is 0.0930. The van der Waals surface area contributed by atoms with Crippen molar-refractivity contribution in [3.8, 4) is 0 Å². The first-order valence-electron chi connectivity index (χ1n) is 5.97. The topological polar surface area (TPSA) is 45.2 Å². The molecule has 0 radical (unpaired) electrons. The highest BCUT2D eigenvalue weighted by molar-refractivity contribution is 5.94. The van der Waals surface area contributed by atoms with Crippen LogP contribution >= 0.6 is 0 Å². The Hall–Kier alpha value is -1.49. The molecule has 0 aliphatic heterocycles. The number of carbonyl (C=O) groups excluding carboxylic acids is 1. The van der Waals surface area contributed by atoms with E-state index >= 15 is 0 Å². The van der Waals surface area contributed by atoms with Crippen molar-refractivity contribution in [2.45, 2.75) is 19.9 Å². The molecule has 0 aromatic carbocycles. The first-order valence-corrected chi connectivity index (χ1v) is 5.97. The van der Waals surface area contributed by atoms with Crippen LogP contribution in [-0.4, -0.2) is 42.5 Å². The fraction of sp³-hybridized carbons (Fsp3) is 0.538. The van der Waals surface area contributed by atoms with E-state index in [1.54, 1.807) is 0 Å². The lowest BCUT2D eigenvalue weighted by Gasteiger charge is -2.28. The summed E-state index contributed by atoms with van der Waals surface area (Å²) >= 11 is 0. The molecule has 0 saturated carbocycles. The minimum atomic E-state index is -0.596. The van der Waals surface area contributed by atoms with Crippen LogP contribution in [0.4, 0.5) is 4.39 Å². The fourth-order valence-corrected chi connectivity index (χ4v) is 1.87. The van der Waals surface area contributed by atoms with E-state index in [0.29, 0.717) is 12.5 Å². The number of aromatic nitrogens is 1. The number of carbonyl (C=O) groups is 1. The van der Waals surface area contributed by atoms with Crippen LogP contribution in [-0.2, 0) is 0 Å². The maximum atomic E-state index is 13.3. The summed E-state index contributed by atoms with van der Waals surface area (Å²) in [5.74, 6) is -0.592. The summed E-state index contributed by atoms with van der Waals surface area (Å²) in [6.45, 7) is 4.67. The molecular formula is C13H20FN3O. The average Bonchev–Trinajstić information content (AvgIpc) is 2.28. The number of nitrogens with one attached hydrogen (secondary N) is 1. The molecule has 0 spiro atoms. The van der Waals surface area contributed by atoms with E-state index in [9.17, 15) is 9.18 Å². The van der Waals surface area contributed by atoms with Gasteiger partial charge in [-0.25, -0.2) is 4.39 Å². The second kappa shape index (κ2) is 6.44. The SMILES string of the molecule is CC(C)C(CNC(=O)c1ccncc1F)N(C)C. The Labute approximate surface area is 107 Å². The van der Waals surface area contributed by atoms with Crippen LogP contribution in [0.3, 0.4) is 0 Å². The number of likely N-dealkylation sites (N-methyl/N-ethyl adjacent to an activating group) is 1. The number of amides is 1. The third-order valence-electron chi connectivity index (χ3n) is 2.92. The normalized spacial score (nSPS) is 12.8. The number of hydrogen-bond acceptors (Lipinski definition) is 3. The molecule has 18 heavy (non-hydrogen) atoms. The Balaban J connectivity index is 2.64.